The number of hydrogen-bond donors (Lipinski definition) is 1. The number of fused-ring (bicyclic) bond motifs is 1. The fourth-order valence-corrected chi connectivity index (χ4v) is 4.85. The molecule has 1 N–H and O–H groups in total. The lowest BCUT2D eigenvalue weighted by molar-refractivity contribution is -0.274. The molecule has 0 atom stereocenters. The zero-order valence-corrected chi connectivity index (χ0v) is 20.4. The third-order valence-corrected chi connectivity index (χ3v) is 6.61. The van der Waals surface area contributed by atoms with Crippen molar-refractivity contribution < 1.29 is 26.7 Å². The monoisotopic (exact) mass is 527 g/mol. The number of aromatic nitrogens is 2. The highest BCUT2D eigenvalue weighted by molar-refractivity contribution is 7.18. The number of hydrogen-bond acceptors (Lipinski definition) is 6. The van der Waals surface area contributed by atoms with E-state index in [1.165, 1.54) is 6.07 Å². The molecular weight excluding hydrogens is 506 g/mol. The lowest BCUT2D eigenvalue weighted by atomic mass is 10.0. The molecule has 0 unspecified atom stereocenters. The van der Waals surface area contributed by atoms with E-state index >= 15 is 0 Å². The Bertz CT molecular complexity index is 1510. The van der Waals surface area contributed by atoms with Crippen molar-refractivity contribution in [3.05, 3.63) is 83.4 Å². The zero-order valence-electron chi connectivity index (χ0n) is 19.6. The van der Waals surface area contributed by atoms with Crippen LogP contribution in [0.2, 0.25) is 0 Å². The fourth-order valence-electron chi connectivity index (χ4n) is 3.97. The summed E-state index contributed by atoms with van der Waals surface area (Å²) in [5, 5.41) is 4.40. The van der Waals surface area contributed by atoms with Gasteiger partial charge in [0.15, 0.2) is 5.82 Å². The molecule has 0 amide bonds. The number of nitrogens with one attached hydrogen (secondary N) is 1. The molecule has 10 heteroatoms. The van der Waals surface area contributed by atoms with Gasteiger partial charge in [-0.25, -0.2) is 14.4 Å². The van der Waals surface area contributed by atoms with Crippen LogP contribution in [0.5, 0.6) is 5.75 Å². The number of thiophene rings is 1. The molecule has 0 radical (unpaired) electrons. The van der Waals surface area contributed by atoms with Gasteiger partial charge in [-0.3, -0.25) is 0 Å². The number of furan rings is 1. The molecule has 3 aromatic heterocycles. The molecule has 5 aromatic rings. The molecule has 2 aromatic carbocycles. The standard InChI is InChI=1S/C27H21F4N3O2S/c1-16-13-22-25(33-24(34-26(22)37-16)19-10-12-35-15-19)32-11-2-3-17-4-6-18(7-5-17)21-9-8-20(14-23(21)28)36-27(29,30)31/h4-10,12-15H,2-3,11H2,1H3,(H,32,33,34). The van der Waals surface area contributed by atoms with Crippen molar-refractivity contribution in [1.82, 2.24) is 9.97 Å². The molecule has 37 heavy (non-hydrogen) atoms. The van der Waals surface area contributed by atoms with E-state index in [2.05, 4.69) is 21.1 Å². The van der Waals surface area contributed by atoms with Crippen LogP contribution >= 0.6 is 11.3 Å². The van der Waals surface area contributed by atoms with Gasteiger partial charge < -0.3 is 14.5 Å². The summed E-state index contributed by atoms with van der Waals surface area (Å²) in [6.45, 7) is 2.72. The Labute approximate surface area is 213 Å². The third-order valence-electron chi connectivity index (χ3n) is 5.67. The molecule has 0 aliphatic heterocycles. The molecule has 0 aliphatic carbocycles. The summed E-state index contributed by atoms with van der Waals surface area (Å²) in [5.74, 6) is 0.00222. The summed E-state index contributed by atoms with van der Waals surface area (Å²) in [5.41, 5.74) is 2.65. The van der Waals surface area contributed by atoms with Crippen LogP contribution in [0.15, 0.2) is 71.5 Å². The quantitative estimate of drug-likeness (QED) is 0.164. The van der Waals surface area contributed by atoms with E-state index in [0.717, 1.165) is 57.0 Å². The predicted octanol–water partition coefficient (Wildman–Crippen LogP) is 8.01. The number of anilines is 1. The van der Waals surface area contributed by atoms with Crippen LogP contribution in [0.3, 0.4) is 0 Å². The molecule has 5 rings (SSSR count). The largest absolute Gasteiger partial charge is 0.573 e. The Hall–Kier alpha value is -3.92. The van der Waals surface area contributed by atoms with Gasteiger partial charge in [-0.15, -0.1) is 24.5 Å². The number of alkyl halides is 3. The van der Waals surface area contributed by atoms with Crippen LogP contribution in [0, 0.1) is 12.7 Å². The second kappa shape index (κ2) is 10.2. The molecule has 0 aliphatic rings. The summed E-state index contributed by atoms with van der Waals surface area (Å²) >= 11 is 1.61. The van der Waals surface area contributed by atoms with Gasteiger partial charge in [-0.05, 0) is 55.2 Å². The Balaban J connectivity index is 1.22. The maximum absolute atomic E-state index is 14.4. The maximum Gasteiger partial charge on any atom is 0.573 e. The van der Waals surface area contributed by atoms with E-state index < -0.39 is 17.9 Å². The van der Waals surface area contributed by atoms with Crippen molar-refractivity contribution >= 4 is 27.4 Å². The molecule has 5 nitrogen and oxygen atoms in total. The summed E-state index contributed by atoms with van der Waals surface area (Å²) in [6.07, 6.45) is -0.0561. The number of nitrogens with zero attached hydrogens (tertiary/aromatic N) is 2. The van der Waals surface area contributed by atoms with E-state index in [1.807, 2.05) is 25.1 Å². The summed E-state index contributed by atoms with van der Waals surface area (Å²) < 4.78 is 60.4. The fraction of sp³-hybridized carbons (Fsp3) is 0.185. The Morgan fingerprint density at radius 1 is 1.00 bits per heavy atom. The van der Waals surface area contributed by atoms with Gasteiger partial charge in [0, 0.05) is 23.1 Å². The first-order valence-corrected chi connectivity index (χ1v) is 12.3. The first-order chi connectivity index (χ1) is 17.7. The first kappa shape index (κ1) is 24.8. The van der Waals surface area contributed by atoms with E-state index in [0.29, 0.717) is 17.9 Å². The molecule has 0 saturated heterocycles. The topological polar surface area (TPSA) is 60.2 Å². The molecular formula is C27H21F4N3O2S. The van der Waals surface area contributed by atoms with Crippen LogP contribution in [-0.4, -0.2) is 22.9 Å². The van der Waals surface area contributed by atoms with Gasteiger partial charge in [-0.1, -0.05) is 24.3 Å². The number of ether oxygens (including phenoxy) is 1. The normalized spacial score (nSPS) is 11.7. The van der Waals surface area contributed by atoms with Crippen LogP contribution in [0.1, 0.15) is 16.9 Å². The van der Waals surface area contributed by atoms with Crippen molar-refractivity contribution in [2.45, 2.75) is 26.1 Å². The Kier molecular flexibility index (Phi) is 6.84. The summed E-state index contributed by atoms with van der Waals surface area (Å²) in [7, 11) is 0. The highest BCUT2D eigenvalue weighted by Gasteiger charge is 2.31. The number of halogens is 4. The van der Waals surface area contributed by atoms with Crippen LogP contribution in [-0.2, 0) is 6.42 Å². The van der Waals surface area contributed by atoms with Gasteiger partial charge in [0.25, 0.3) is 0 Å². The number of rotatable bonds is 8. The minimum Gasteiger partial charge on any atom is -0.472 e. The molecule has 0 bridgehead atoms. The number of aryl methyl sites for hydroxylation is 2. The van der Waals surface area contributed by atoms with Gasteiger partial charge in [0.1, 0.15) is 28.5 Å². The number of benzene rings is 2. The molecule has 0 saturated carbocycles. The van der Waals surface area contributed by atoms with Crippen molar-refractivity contribution in [1.29, 1.82) is 0 Å². The maximum atomic E-state index is 14.4. The Morgan fingerprint density at radius 2 is 1.81 bits per heavy atom. The molecule has 0 fully saturated rings. The second-order valence-corrected chi connectivity index (χ2v) is 9.64. The van der Waals surface area contributed by atoms with Crippen molar-refractivity contribution in [2.75, 3.05) is 11.9 Å². The lowest BCUT2D eigenvalue weighted by Gasteiger charge is -2.11. The predicted molar refractivity (Wildman–Crippen MR) is 135 cm³/mol. The first-order valence-electron chi connectivity index (χ1n) is 11.4. The minimum absolute atomic E-state index is 0.204. The highest BCUT2D eigenvalue weighted by Crippen LogP contribution is 2.32. The third kappa shape index (κ3) is 5.91. The van der Waals surface area contributed by atoms with Gasteiger partial charge in [-0.2, -0.15) is 0 Å². The summed E-state index contributed by atoms with van der Waals surface area (Å²) in [4.78, 5) is 11.4. The second-order valence-electron chi connectivity index (χ2n) is 8.40. The van der Waals surface area contributed by atoms with Crippen LogP contribution in [0.4, 0.5) is 23.4 Å². The van der Waals surface area contributed by atoms with Gasteiger partial charge in [0.2, 0.25) is 0 Å². The smallest absolute Gasteiger partial charge is 0.472 e. The van der Waals surface area contributed by atoms with E-state index in [9.17, 15) is 17.6 Å². The van der Waals surface area contributed by atoms with Crippen molar-refractivity contribution in [3.63, 3.8) is 0 Å². The molecule has 190 valence electrons. The molecule has 3 heterocycles. The minimum atomic E-state index is -4.87. The Morgan fingerprint density at radius 3 is 2.51 bits per heavy atom. The van der Waals surface area contributed by atoms with E-state index in [1.54, 1.807) is 36.0 Å². The van der Waals surface area contributed by atoms with Crippen LogP contribution in [0.25, 0.3) is 32.7 Å². The zero-order chi connectivity index (χ0) is 26.0. The van der Waals surface area contributed by atoms with Gasteiger partial charge >= 0.3 is 6.36 Å². The van der Waals surface area contributed by atoms with Crippen LogP contribution < -0.4 is 10.1 Å². The van der Waals surface area contributed by atoms with Crippen molar-refractivity contribution in [2.24, 2.45) is 0 Å². The van der Waals surface area contributed by atoms with E-state index in [-0.39, 0.29) is 5.56 Å². The lowest BCUT2D eigenvalue weighted by Crippen LogP contribution is -2.17. The average Bonchev–Trinajstić information content (AvgIpc) is 3.51. The molecule has 0 spiro atoms. The van der Waals surface area contributed by atoms with Crippen molar-refractivity contribution in [3.8, 4) is 28.3 Å². The summed E-state index contributed by atoms with van der Waals surface area (Å²) in [6, 6.07) is 14.3. The highest BCUT2D eigenvalue weighted by atomic mass is 32.1. The van der Waals surface area contributed by atoms with Gasteiger partial charge in [0.05, 0.1) is 17.2 Å². The SMILES string of the molecule is Cc1cc2c(NCCCc3ccc(-c4ccc(OC(F)(F)F)cc4F)cc3)nc(-c3ccoc3)nc2s1. The average molecular weight is 528 g/mol. The van der Waals surface area contributed by atoms with E-state index in [4.69, 9.17) is 9.40 Å².